The van der Waals surface area contributed by atoms with Gasteiger partial charge in [-0.25, -0.2) is 0 Å². The Balaban J connectivity index is 0.000000791. The summed E-state index contributed by atoms with van der Waals surface area (Å²) in [6.45, 7) is 4.66. The van der Waals surface area contributed by atoms with Gasteiger partial charge in [0.2, 0.25) is 0 Å². The van der Waals surface area contributed by atoms with Gasteiger partial charge in [0.25, 0.3) is 0 Å². The number of nitriles is 1. The number of methoxy groups -OCH3 is 1. The Morgan fingerprint density at radius 1 is 1.57 bits per heavy atom. The number of esters is 1. The van der Waals surface area contributed by atoms with Gasteiger partial charge in [-0.15, -0.1) is 0 Å². The van der Waals surface area contributed by atoms with Crippen molar-refractivity contribution >= 4 is 5.97 Å². The summed E-state index contributed by atoms with van der Waals surface area (Å²) in [6, 6.07) is 1.93. The zero-order chi connectivity index (χ0) is 11.1. The van der Waals surface area contributed by atoms with Crippen LogP contribution in [-0.4, -0.2) is 37.6 Å². The predicted octanol–water partition coefficient (Wildman–Crippen LogP) is 1.03. The van der Waals surface area contributed by atoms with Gasteiger partial charge in [0, 0.05) is 6.54 Å². The van der Waals surface area contributed by atoms with Crippen molar-refractivity contribution in [3.8, 4) is 6.07 Å². The molecule has 0 amide bonds. The van der Waals surface area contributed by atoms with Gasteiger partial charge in [0.05, 0.1) is 19.1 Å². The van der Waals surface area contributed by atoms with Crippen LogP contribution in [0.25, 0.3) is 0 Å². The molecule has 14 heavy (non-hydrogen) atoms. The minimum atomic E-state index is -0.241. The van der Waals surface area contributed by atoms with Crippen molar-refractivity contribution in [2.24, 2.45) is 5.92 Å². The molecule has 4 nitrogen and oxygen atoms in total. The second-order valence-electron chi connectivity index (χ2n) is 3.04. The monoisotopic (exact) mass is 198 g/mol. The van der Waals surface area contributed by atoms with Gasteiger partial charge in [-0.3, -0.25) is 9.69 Å². The SMILES string of the molecule is CC.COC(=O)C1CC(C#N)CN1C. The van der Waals surface area contributed by atoms with Crippen LogP contribution in [0, 0.1) is 17.2 Å². The van der Waals surface area contributed by atoms with E-state index in [1.807, 2.05) is 25.8 Å². The molecule has 0 aliphatic carbocycles. The van der Waals surface area contributed by atoms with Crippen LogP contribution < -0.4 is 0 Å². The molecule has 1 aliphatic rings. The lowest BCUT2D eigenvalue weighted by Crippen LogP contribution is -2.33. The minimum Gasteiger partial charge on any atom is -0.468 e. The van der Waals surface area contributed by atoms with Crippen LogP contribution in [0.1, 0.15) is 20.3 Å². The molecule has 0 spiro atoms. The Kier molecular flexibility index (Phi) is 5.89. The average molecular weight is 198 g/mol. The average Bonchev–Trinajstić information content (AvgIpc) is 2.61. The second-order valence-corrected chi connectivity index (χ2v) is 3.04. The third-order valence-corrected chi connectivity index (χ3v) is 2.20. The highest BCUT2D eigenvalue weighted by molar-refractivity contribution is 5.76. The minimum absolute atomic E-state index is 0.0286. The van der Waals surface area contributed by atoms with Gasteiger partial charge in [-0.1, -0.05) is 13.8 Å². The van der Waals surface area contributed by atoms with Crippen molar-refractivity contribution in [1.29, 1.82) is 5.26 Å². The molecule has 0 radical (unpaired) electrons. The molecule has 0 aromatic rings. The largest absolute Gasteiger partial charge is 0.468 e. The van der Waals surface area contributed by atoms with Crippen LogP contribution >= 0.6 is 0 Å². The summed E-state index contributed by atoms with van der Waals surface area (Å²) in [4.78, 5) is 13.0. The highest BCUT2D eigenvalue weighted by atomic mass is 16.5. The van der Waals surface area contributed by atoms with Crippen LogP contribution in [0.15, 0.2) is 0 Å². The normalized spacial score (nSPS) is 25.9. The molecule has 2 unspecified atom stereocenters. The van der Waals surface area contributed by atoms with E-state index in [0.717, 1.165) is 0 Å². The quantitative estimate of drug-likeness (QED) is 0.590. The molecule has 2 atom stereocenters. The molecule has 0 aromatic carbocycles. The van der Waals surface area contributed by atoms with E-state index in [1.54, 1.807) is 0 Å². The smallest absolute Gasteiger partial charge is 0.323 e. The Morgan fingerprint density at radius 2 is 2.14 bits per heavy atom. The molecule has 0 aromatic heterocycles. The van der Waals surface area contributed by atoms with Crippen LogP contribution in [0.5, 0.6) is 0 Å². The van der Waals surface area contributed by atoms with E-state index in [1.165, 1.54) is 7.11 Å². The number of rotatable bonds is 1. The molecule has 1 aliphatic heterocycles. The molecular weight excluding hydrogens is 180 g/mol. The standard InChI is InChI=1S/C8H12N2O2.C2H6/c1-10-5-6(4-9)3-7(10)8(11)12-2;1-2/h6-7H,3,5H2,1-2H3;1-2H3. The van der Waals surface area contributed by atoms with E-state index in [2.05, 4.69) is 10.8 Å². The number of ether oxygens (including phenoxy) is 1. The Labute approximate surface area is 85.5 Å². The fourth-order valence-electron chi connectivity index (χ4n) is 1.50. The van der Waals surface area contributed by atoms with Crippen LogP contribution in [0.3, 0.4) is 0 Å². The maximum absolute atomic E-state index is 11.1. The summed E-state index contributed by atoms with van der Waals surface area (Å²) in [7, 11) is 3.20. The first-order chi connectivity index (χ1) is 6.69. The molecule has 0 saturated carbocycles. The van der Waals surface area contributed by atoms with Gasteiger partial charge in [-0.05, 0) is 13.5 Å². The van der Waals surface area contributed by atoms with Crippen molar-refractivity contribution in [3.63, 3.8) is 0 Å². The summed E-state index contributed by atoms with van der Waals surface area (Å²) in [5, 5.41) is 8.63. The van der Waals surface area contributed by atoms with Crippen LogP contribution in [0.2, 0.25) is 0 Å². The number of hydrogen-bond donors (Lipinski definition) is 0. The van der Waals surface area contributed by atoms with Crippen molar-refractivity contribution in [1.82, 2.24) is 4.90 Å². The fourth-order valence-corrected chi connectivity index (χ4v) is 1.50. The van der Waals surface area contributed by atoms with Gasteiger partial charge in [-0.2, -0.15) is 5.26 Å². The lowest BCUT2D eigenvalue weighted by atomic mass is 10.1. The summed E-state index contributed by atoms with van der Waals surface area (Å²) >= 11 is 0. The van der Waals surface area contributed by atoms with Crippen molar-refractivity contribution in [2.45, 2.75) is 26.3 Å². The molecular formula is C10H18N2O2. The number of likely N-dealkylation sites (N-methyl/N-ethyl adjacent to an activating group) is 1. The molecule has 1 rings (SSSR count). The van der Waals surface area contributed by atoms with Gasteiger partial charge >= 0.3 is 5.97 Å². The first-order valence-corrected chi connectivity index (χ1v) is 4.86. The fraction of sp³-hybridized carbons (Fsp3) is 0.800. The lowest BCUT2D eigenvalue weighted by molar-refractivity contribution is -0.145. The Bertz CT molecular complexity index is 223. The van der Waals surface area contributed by atoms with E-state index in [0.29, 0.717) is 13.0 Å². The summed E-state index contributed by atoms with van der Waals surface area (Å²) in [5.41, 5.74) is 0. The van der Waals surface area contributed by atoms with Gasteiger partial charge in [0.15, 0.2) is 0 Å². The molecule has 4 heteroatoms. The molecule has 1 saturated heterocycles. The first-order valence-electron chi connectivity index (χ1n) is 4.86. The topological polar surface area (TPSA) is 53.3 Å². The van der Waals surface area contributed by atoms with Gasteiger partial charge < -0.3 is 4.74 Å². The van der Waals surface area contributed by atoms with E-state index in [4.69, 9.17) is 5.26 Å². The summed E-state index contributed by atoms with van der Waals surface area (Å²) in [6.07, 6.45) is 0.597. The molecule has 0 N–H and O–H groups in total. The van der Waals surface area contributed by atoms with Gasteiger partial charge in [0.1, 0.15) is 6.04 Å². The zero-order valence-corrected chi connectivity index (χ0v) is 9.28. The van der Waals surface area contributed by atoms with E-state index < -0.39 is 0 Å². The number of hydrogen-bond acceptors (Lipinski definition) is 4. The number of nitrogens with zero attached hydrogens (tertiary/aromatic N) is 2. The summed E-state index contributed by atoms with van der Waals surface area (Å²) in [5.74, 6) is -0.269. The predicted molar refractivity (Wildman–Crippen MR) is 53.5 cm³/mol. The zero-order valence-electron chi connectivity index (χ0n) is 9.28. The summed E-state index contributed by atoms with van der Waals surface area (Å²) < 4.78 is 4.61. The molecule has 80 valence electrons. The third kappa shape index (κ3) is 3.00. The number of carbonyl (C=O) groups is 1. The Morgan fingerprint density at radius 3 is 2.50 bits per heavy atom. The van der Waals surface area contributed by atoms with E-state index in [-0.39, 0.29) is 17.9 Å². The Hall–Kier alpha value is -1.08. The second kappa shape index (κ2) is 6.39. The van der Waals surface area contributed by atoms with Crippen molar-refractivity contribution in [3.05, 3.63) is 0 Å². The van der Waals surface area contributed by atoms with E-state index >= 15 is 0 Å². The third-order valence-electron chi connectivity index (χ3n) is 2.20. The molecule has 1 fully saturated rings. The lowest BCUT2D eigenvalue weighted by Gasteiger charge is -2.15. The highest BCUT2D eigenvalue weighted by Gasteiger charge is 2.34. The first kappa shape index (κ1) is 12.9. The maximum atomic E-state index is 11.1. The molecule has 1 heterocycles. The van der Waals surface area contributed by atoms with Crippen molar-refractivity contribution < 1.29 is 9.53 Å². The maximum Gasteiger partial charge on any atom is 0.323 e. The van der Waals surface area contributed by atoms with Crippen LogP contribution in [0.4, 0.5) is 0 Å². The van der Waals surface area contributed by atoms with E-state index in [9.17, 15) is 4.79 Å². The molecule has 0 bridgehead atoms. The highest BCUT2D eigenvalue weighted by Crippen LogP contribution is 2.21. The van der Waals surface area contributed by atoms with Crippen LogP contribution in [-0.2, 0) is 9.53 Å². The number of carbonyl (C=O) groups excluding carboxylic acids is 1. The number of likely N-dealkylation sites (tertiary alicyclic amines) is 1. The van der Waals surface area contributed by atoms with Crippen molar-refractivity contribution in [2.75, 3.05) is 20.7 Å².